The van der Waals surface area contributed by atoms with Gasteiger partial charge in [0.1, 0.15) is 5.75 Å². The van der Waals surface area contributed by atoms with Crippen LogP contribution in [0.2, 0.25) is 0 Å². The average molecular weight is 238 g/mol. The number of carboxylic acid groups (broad SMARTS) is 1. The number of aliphatic carboxylic acids is 1. The number of hydrogen-bond acceptors (Lipinski definition) is 3. The van der Waals surface area contributed by atoms with Crippen molar-refractivity contribution >= 4 is 18.6 Å². The maximum Gasteiger partial charge on any atom is 0.303 e. The van der Waals surface area contributed by atoms with E-state index < -0.39 is 5.97 Å². The zero-order valence-electron chi connectivity index (χ0n) is 9.06. The molecule has 2 rings (SSSR count). The Morgan fingerprint density at radius 2 is 2.38 bits per heavy atom. The smallest absolute Gasteiger partial charge is 0.303 e. The third-order valence-electron chi connectivity index (χ3n) is 3.06. The van der Waals surface area contributed by atoms with Crippen LogP contribution in [0.3, 0.4) is 0 Å². The van der Waals surface area contributed by atoms with E-state index in [4.69, 9.17) is 9.84 Å². The molecule has 0 fully saturated rings. The monoisotopic (exact) mass is 238 g/mol. The molecule has 0 bridgehead atoms. The van der Waals surface area contributed by atoms with Gasteiger partial charge in [0.2, 0.25) is 0 Å². The fraction of sp³-hybridized carbons (Fsp3) is 0.417. The molecule has 0 aromatic heterocycles. The third kappa shape index (κ3) is 2.02. The van der Waals surface area contributed by atoms with E-state index in [0.29, 0.717) is 0 Å². The summed E-state index contributed by atoms with van der Waals surface area (Å²) in [7, 11) is 1.60. The Hall–Kier alpha value is -1.16. The number of hydrogen-bond donors (Lipinski definition) is 2. The van der Waals surface area contributed by atoms with Crippen LogP contribution in [-0.4, -0.2) is 18.2 Å². The number of aryl methyl sites for hydroxylation is 1. The molecule has 0 radical (unpaired) electrons. The quantitative estimate of drug-likeness (QED) is 0.795. The van der Waals surface area contributed by atoms with E-state index in [1.54, 1.807) is 7.11 Å². The lowest BCUT2D eigenvalue weighted by molar-refractivity contribution is -0.137. The molecule has 1 aliphatic carbocycles. The zero-order valence-corrected chi connectivity index (χ0v) is 9.96. The second-order valence-electron chi connectivity index (χ2n) is 4.06. The van der Waals surface area contributed by atoms with Gasteiger partial charge in [-0.25, -0.2) is 0 Å². The molecular formula is C12H14O3S. The highest BCUT2D eigenvalue weighted by atomic mass is 32.1. The summed E-state index contributed by atoms with van der Waals surface area (Å²) in [5.41, 5.74) is 2.31. The first-order chi connectivity index (χ1) is 7.61. The summed E-state index contributed by atoms with van der Waals surface area (Å²) in [4.78, 5) is 11.6. The van der Waals surface area contributed by atoms with Crippen LogP contribution in [0.1, 0.15) is 29.9 Å². The summed E-state index contributed by atoms with van der Waals surface area (Å²) in [5.74, 6) is 0.0986. The minimum atomic E-state index is -0.744. The number of carbonyl (C=O) groups is 1. The lowest BCUT2D eigenvalue weighted by Crippen LogP contribution is -2.03. The van der Waals surface area contributed by atoms with Crippen molar-refractivity contribution in [1.82, 2.24) is 0 Å². The van der Waals surface area contributed by atoms with Crippen molar-refractivity contribution in [2.24, 2.45) is 0 Å². The van der Waals surface area contributed by atoms with E-state index in [9.17, 15) is 4.79 Å². The van der Waals surface area contributed by atoms with Crippen LogP contribution in [0, 0.1) is 0 Å². The van der Waals surface area contributed by atoms with Gasteiger partial charge >= 0.3 is 5.97 Å². The van der Waals surface area contributed by atoms with Gasteiger partial charge in [-0.2, -0.15) is 0 Å². The van der Waals surface area contributed by atoms with Crippen molar-refractivity contribution in [3.8, 4) is 5.75 Å². The minimum absolute atomic E-state index is 0.121. The van der Waals surface area contributed by atoms with Crippen LogP contribution in [0.25, 0.3) is 0 Å². The van der Waals surface area contributed by atoms with E-state index in [1.807, 2.05) is 12.1 Å². The van der Waals surface area contributed by atoms with E-state index in [1.165, 1.54) is 5.56 Å². The first kappa shape index (κ1) is 11.3. The largest absolute Gasteiger partial charge is 0.496 e. The molecule has 1 N–H and O–H groups in total. The van der Waals surface area contributed by atoms with Crippen LogP contribution in [-0.2, 0) is 11.2 Å². The summed E-state index contributed by atoms with van der Waals surface area (Å²) in [6.07, 6.45) is 2.04. The molecule has 1 aromatic rings. The van der Waals surface area contributed by atoms with Gasteiger partial charge in [-0.3, -0.25) is 4.79 Å². The topological polar surface area (TPSA) is 46.5 Å². The van der Waals surface area contributed by atoms with Gasteiger partial charge in [0.05, 0.1) is 13.5 Å². The van der Waals surface area contributed by atoms with Crippen molar-refractivity contribution < 1.29 is 14.6 Å². The molecule has 0 spiro atoms. The first-order valence-electron chi connectivity index (χ1n) is 5.23. The second kappa shape index (κ2) is 4.37. The Morgan fingerprint density at radius 1 is 1.62 bits per heavy atom. The maximum atomic E-state index is 10.7. The fourth-order valence-electron chi connectivity index (χ4n) is 2.30. The standard InChI is InChI=1S/C12H14O3S/c1-15-10-6-9-7(4-11(10)16)2-3-8(9)5-12(13)14/h4,6,8,16H,2-3,5H2,1H3,(H,13,14). The number of methoxy groups -OCH3 is 1. The molecule has 1 aliphatic rings. The van der Waals surface area contributed by atoms with Crippen molar-refractivity contribution in [2.45, 2.75) is 30.1 Å². The van der Waals surface area contributed by atoms with Gasteiger partial charge in [0, 0.05) is 4.90 Å². The molecular weight excluding hydrogens is 224 g/mol. The van der Waals surface area contributed by atoms with E-state index >= 15 is 0 Å². The molecule has 0 saturated heterocycles. The average Bonchev–Trinajstić information content (AvgIpc) is 2.59. The van der Waals surface area contributed by atoms with E-state index in [0.717, 1.165) is 29.1 Å². The predicted octanol–water partition coefficient (Wildman–Crippen LogP) is 2.49. The molecule has 4 heteroatoms. The van der Waals surface area contributed by atoms with Gasteiger partial charge in [-0.15, -0.1) is 12.6 Å². The zero-order chi connectivity index (χ0) is 11.7. The molecule has 1 atom stereocenters. The summed E-state index contributed by atoms with van der Waals surface area (Å²) in [6, 6.07) is 3.91. The van der Waals surface area contributed by atoms with Crippen LogP contribution in [0.4, 0.5) is 0 Å². The van der Waals surface area contributed by atoms with Gasteiger partial charge in [0.25, 0.3) is 0 Å². The lowest BCUT2D eigenvalue weighted by Gasteiger charge is -2.11. The van der Waals surface area contributed by atoms with Gasteiger partial charge < -0.3 is 9.84 Å². The van der Waals surface area contributed by atoms with Crippen molar-refractivity contribution in [1.29, 1.82) is 0 Å². The molecule has 0 saturated carbocycles. The number of fused-ring (bicyclic) bond motifs is 1. The number of rotatable bonds is 3. The SMILES string of the molecule is COc1cc2c(cc1S)CCC2CC(=O)O. The van der Waals surface area contributed by atoms with Crippen LogP contribution in [0.5, 0.6) is 5.75 Å². The summed E-state index contributed by atoms with van der Waals surface area (Å²) >= 11 is 4.33. The Morgan fingerprint density at radius 3 is 3.00 bits per heavy atom. The predicted molar refractivity (Wildman–Crippen MR) is 63.6 cm³/mol. The Balaban J connectivity index is 2.34. The molecule has 1 aromatic carbocycles. The van der Waals surface area contributed by atoms with E-state index in [2.05, 4.69) is 12.6 Å². The summed E-state index contributed by atoms with van der Waals surface area (Å²) < 4.78 is 5.20. The van der Waals surface area contributed by atoms with Crippen molar-refractivity contribution in [3.05, 3.63) is 23.3 Å². The Labute approximate surface area is 99.8 Å². The first-order valence-corrected chi connectivity index (χ1v) is 5.68. The molecule has 0 heterocycles. The summed E-state index contributed by atoms with van der Waals surface area (Å²) in [6.45, 7) is 0. The molecule has 0 amide bonds. The third-order valence-corrected chi connectivity index (χ3v) is 3.41. The molecule has 3 nitrogen and oxygen atoms in total. The highest BCUT2D eigenvalue weighted by Gasteiger charge is 2.25. The second-order valence-corrected chi connectivity index (χ2v) is 4.54. The Bertz CT molecular complexity index is 429. The van der Waals surface area contributed by atoms with Crippen LogP contribution in [0.15, 0.2) is 17.0 Å². The number of ether oxygens (including phenoxy) is 1. The molecule has 16 heavy (non-hydrogen) atoms. The Kier molecular flexibility index (Phi) is 3.10. The number of benzene rings is 1. The van der Waals surface area contributed by atoms with Crippen molar-refractivity contribution in [2.75, 3.05) is 7.11 Å². The molecule has 86 valence electrons. The maximum absolute atomic E-state index is 10.7. The minimum Gasteiger partial charge on any atom is -0.496 e. The van der Waals surface area contributed by atoms with Crippen LogP contribution >= 0.6 is 12.6 Å². The van der Waals surface area contributed by atoms with E-state index in [-0.39, 0.29) is 12.3 Å². The number of carboxylic acids is 1. The molecule has 0 aliphatic heterocycles. The fourth-order valence-corrected chi connectivity index (χ4v) is 2.61. The van der Waals surface area contributed by atoms with Crippen LogP contribution < -0.4 is 4.74 Å². The number of thiol groups is 1. The van der Waals surface area contributed by atoms with Gasteiger partial charge in [-0.05, 0) is 42.0 Å². The van der Waals surface area contributed by atoms with Crippen molar-refractivity contribution in [3.63, 3.8) is 0 Å². The highest BCUT2D eigenvalue weighted by molar-refractivity contribution is 7.80. The normalized spacial score (nSPS) is 18.2. The van der Waals surface area contributed by atoms with Gasteiger partial charge in [-0.1, -0.05) is 0 Å². The molecule has 1 unspecified atom stereocenters. The summed E-state index contributed by atoms with van der Waals surface area (Å²) in [5, 5.41) is 8.83. The lowest BCUT2D eigenvalue weighted by atomic mass is 9.98. The highest BCUT2D eigenvalue weighted by Crippen LogP contribution is 2.40. The van der Waals surface area contributed by atoms with Gasteiger partial charge in [0.15, 0.2) is 0 Å².